The molecule has 1 heterocycles. The zero-order valence-electron chi connectivity index (χ0n) is 13.2. The normalized spacial score (nSPS) is 44.8. The van der Waals surface area contributed by atoms with E-state index in [0.29, 0.717) is 0 Å². The van der Waals surface area contributed by atoms with Crippen molar-refractivity contribution in [1.29, 1.82) is 0 Å². The van der Waals surface area contributed by atoms with Gasteiger partial charge in [0.15, 0.2) is 0 Å². The maximum Gasteiger partial charge on any atom is 0.241 e. The van der Waals surface area contributed by atoms with Crippen LogP contribution >= 0.6 is 0 Å². The van der Waals surface area contributed by atoms with Gasteiger partial charge in [0.05, 0.1) is 6.10 Å². The van der Waals surface area contributed by atoms with Crippen molar-refractivity contribution >= 4 is 5.91 Å². The highest BCUT2D eigenvalue weighted by molar-refractivity contribution is 5.90. The number of carbonyl (C=O) groups is 1. The highest BCUT2D eigenvalue weighted by Crippen LogP contribution is 2.58. The lowest BCUT2D eigenvalue weighted by Gasteiger charge is -2.61. The first-order chi connectivity index (χ1) is 9.21. The first-order valence-corrected chi connectivity index (χ1v) is 7.93. The average molecular weight is 280 g/mol. The third kappa shape index (κ3) is 1.64. The third-order valence-corrected chi connectivity index (χ3v) is 6.39. The molecule has 4 unspecified atom stereocenters. The molecule has 2 saturated carbocycles. The van der Waals surface area contributed by atoms with Crippen LogP contribution in [-0.4, -0.2) is 30.2 Å². The number of rotatable bonds is 2. The van der Waals surface area contributed by atoms with Gasteiger partial charge in [-0.2, -0.15) is 0 Å². The number of ether oxygens (including phenoxy) is 1. The van der Waals surface area contributed by atoms with Gasteiger partial charge in [0.1, 0.15) is 5.54 Å². The highest BCUT2D eigenvalue weighted by atomic mass is 16.5. The van der Waals surface area contributed by atoms with Crippen LogP contribution in [0.1, 0.15) is 53.4 Å². The molecule has 1 saturated heterocycles. The maximum atomic E-state index is 12.9. The van der Waals surface area contributed by atoms with Gasteiger partial charge in [-0.05, 0) is 24.7 Å². The predicted molar refractivity (Wildman–Crippen MR) is 78.1 cm³/mol. The summed E-state index contributed by atoms with van der Waals surface area (Å²) in [6.07, 6.45) is 4.49. The number of carbonyl (C=O) groups excluding carboxylic acids is 1. The van der Waals surface area contributed by atoms with E-state index in [-0.39, 0.29) is 34.8 Å². The van der Waals surface area contributed by atoms with Crippen LogP contribution in [-0.2, 0) is 9.53 Å². The number of hydrogen-bond acceptors (Lipinski definition) is 3. The standard InChI is InChI=1S/C16H28N2O2/c1-14(2)8-5-6-11(14)18-13(19)16(17)10-7-9-20-12(10)15(16,3)4/h10-12H,5-9,17H2,1-4H3,(H,18,19). The maximum absolute atomic E-state index is 12.9. The SMILES string of the molecule is CC1(C)CCCC1NC(=O)C1(N)C2CCOC2C1(C)C. The van der Waals surface area contributed by atoms with Gasteiger partial charge >= 0.3 is 0 Å². The fourth-order valence-corrected chi connectivity index (χ4v) is 4.72. The van der Waals surface area contributed by atoms with Crippen molar-refractivity contribution in [3.05, 3.63) is 0 Å². The molecule has 4 atom stereocenters. The summed E-state index contributed by atoms with van der Waals surface area (Å²) in [5.74, 6) is 0.219. The van der Waals surface area contributed by atoms with E-state index in [9.17, 15) is 4.79 Å². The first-order valence-electron chi connectivity index (χ1n) is 7.93. The van der Waals surface area contributed by atoms with Crippen molar-refractivity contribution < 1.29 is 9.53 Å². The molecule has 0 aromatic rings. The Morgan fingerprint density at radius 2 is 1.95 bits per heavy atom. The molecule has 0 radical (unpaired) electrons. The van der Waals surface area contributed by atoms with Crippen molar-refractivity contribution in [3.63, 3.8) is 0 Å². The van der Waals surface area contributed by atoms with Crippen molar-refractivity contribution in [1.82, 2.24) is 5.32 Å². The van der Waals surface area contributed by atoms with Crippen LogP contribution in [0, 0.1) is 16.7 Å². The fraction of sp³-hybridized carbons (Fsp3) is 0.938. The van der Waals surface area contributed by atoms with E-state index in [2.05, 4.69) is 33.0 Å². The van der Waals surface area contributed by atoms with Crippen LogP contribution in [0.15, 0.2) is 0 Å². The van der Waals surface area contributed by atoms with Crippen LogP contribution in [0.25, 0.3) is 0 Å². The van der Waals surface area contributed by atoms with Crippen LogP contribution in [0.4, 0.5) is 0 Å². The van der Waals surface area contributed by atoms with Crippen LogP contribution in [0.2, 0.25) is 0 Å². The van der Waals surface area contributed by atoms with Crippen molar-refractivity contribution in [2.75, 3.05) is 6.61 Å². The second-order valence-corrected chi connectivity index (χ2v) is 8.18. The van der Waals surface area contributed by atoms with Gasteiger partial charge < -0.3 is 15.8 Å². The first kappa shape index (κ1) is 14.3. The Morgan fingerprint density at radius 3 is 2.55 bits per heavy atom. The van der Waals surface area contributed by atoms with Crippen molar-refractivity contribution in [3.8, 4) is 0 Å². The molecule has 0 spiro atoms. The summed E-state index contributed by atoms with van der Waals surface area (Å²) >= 11 is 0. The molecule has 4 nitrogen and oxygen atoms in total. The Hall–Kier alpha value is -0.610. The van der Waals surface area contributed by atoms with Crippen molar-refractivity contribution in [2.24, 2.45) is 22.5 Å². The summed E-state index contributed by atoms with van der Waals surface area (Å²) in [5, 5.41) is 3.26. The quantitative estimate of drug-likeness (QED) is 0.811. The molecule has 2 aliphatic carbocycles. The Labute approximate surface area is 121 Å². The number of nitrogens with two attached hydrogens (primary N) is 1. The zero-order valence-corrected chi connectivity index (χ0v) is 13.2. The van der Waals surface area contributed by atoms with Gasteiger partial charge in [-0.3, -0.25) is 4.79 Å². The molecule has 3 aliphatic rings. The molecule has 0 aromatic carbocycles. The van der Waals surface area contributed by atoms with Gasteiger partial charge in [0.25, 0.3) is 0 Å². The molecule has 3 N–H and O–H groups in total. The summed E-state index contributed by atoms with van der Waals surface area (Å²) in [5.41, 5.74) is 5.72. The smallest absolute Gasteiger partial charge is 0.241 e. The molecule has 3 rings (SSSR count). The lowest BCUT2D eigenvalue weighted by atomic mass is 9.48. The molecule has 4 heteroatoms. The number of amides is 1. The summed E-state index contributed by atoms with van der Waals surface area (Å²) in [4.78, 5) is 12.9. The number of fused-ring (bicyclic) bond motifs is 1. The molecule has 3 fully saturated rings. The van der Waals surface area contributed by atoms with E-state index < -0.39 is 5.54 Å². The van der Waals surface area contributed by atoms with E-state index in [0.717, 1.165) is 19.4 Å². The summed E-state index contributed by atoms with van der Waals surface area (Å²) in [7, 11) is 0. The minimum Gasteiger partial charge on any atom is -0.377 e. The van der Waals surface area contributed by atoms with E-state index in [4.69, 9.17) is 10.5 Å². The predicted octanol–water partition coefficient (Wildman–Crippen LogP) is 1.82. The summed E-state index contributed by atoms with van der Waals surface area (Å²) in [6.45, 7) is 9.35. The second-order valence-electron chi connectivity index (χ2n) is 8.18. The Balaban J connectivity index is 1.77. The van der Waals surface area contributed by atoms with Gasteiger partial charge in [0, 0.05) is 24.0 Å². The number of hydrogen-bond donors (Lipinski definition) is 2. The molecular weight excluding hydrogens is 252 g/mol. The molecule has 1 amide bonds. The van der Waals surface area contributed by atoms with Crippen LogP contribution in [0.5, 0.6) is 0 Å². The molecule has 1 aliphatic heterocycles. The molecule has 0 aromatic heterocycles. The van der Waals surface area contributed by atoms with Gasteiger partial charge in [0.2, 0.25) is 5.91 Å². The molecule has 20 heavy (non-hydrogen) atoms. The Bertz CT molecular complexity index is 432. The Morgan fingerprint density at radius 1 is 1.25 bits per heavy atom. The van der Waals surface area contributed by atoms with Crippen LogP contribution < -0.4 is 11.1 Å². The van der Waals surface area contributed by atoms with Gasteiger partial charge in [-0.15, -0.1) is 0 Å². The molecule has 114 valence electrons. The van der Waals surface area contributed by atoms with Crippen molar-refractivity contribution in [2.45, 2.75) is 71.1 Å². The molecule has 0 bridgehead atoms. The van der Waals surface area contributed by atoms with Crippen LogP contribution in [0.3, 0.4) is 0 Å². The topological polar surface area (TPSA) is 64.4 Å². The summed E-state index contributed by atoms with van der Waals surface area (Å²) in [6, 6.07) is 0.257. The minimum atomic E-state index is -0.771. The van der Waals surface area contributed by atoms with Gasteiger partial charge in [-0.1, -0.05) is 34.1 Å². The molecular formula is C16H28N2O2. The van der Waals surface area contributed by atoms with E-state index in [1.54, 1.807) is 0 Å². The Kier molecular flexibility index (Phi) is 3.01. The average Bonchev–Trinajstić information content (AvgIpc) is 2.95. The second kappa shape index (κ2) is 4.20. The number of nitrogens with one attached hydrogen (secondary N) is 1. The van der Waals surface area contributed by atoms with Gasteiger partial charge in [-0.25, -0.2) is 0 Å². The third-order valence-electron chi connectivity index (χ3n) is 6.39. The van der Waals surface area contributed by atoms with E-state index in [1.165, 1.54) is 12.8 Å². The monoisotopic (exact) mass is 280 g/mol. The fourth-order valence-electron chi connectivity index (χ4n) is 4.72. The van der Waals surface area contributed by atoms with E-state index in [1.807, 2.05) is 0 Å². The van der Waals surface area contributed by atoms with E-state index >= 15 is 0 Å². The lowest BCUT2D eigenvalue weighted by Crippen LogP contribution is -2.80. The minimum absolute atomic E-state index is 0.0363. The lowest BCUT2D eigenvalue weighted by molar-refractivity contribution is -0.176. The summed E-state index contributed by atoms with van der Waals surface area (Å²) < 4.78 is 5.76. The highest BCUT2D eigenvalue weighted by Gasteiger charge is 2.71. The zero-order chi connectivity index (χ0) is 14.8. The largest absolute Gasteiger partial charge is 0.377 e.